The Morgan fingerprint density at radius 3 is 2.11 bits per heavy atom. The molecule has 1 aromatic rings. The van der Waals surface area contributed by atoms with E-state index in [1.165, 1.54) is 24.8 Å². The zero-order valence-electron chi connectivity index (χ0n) is 11.6. The van der Waals surface area contributed by atoms with Crippen molar-refractivity contribution in [3.8, 4) is 5.75 Å². The van der Waals surface area contributed by atoms with Gasteiger partial charge in [-0.05, 0) is 43.4 Å². The molecule has 0 radical (unpaired) electrons. The van der Waals surface area contributed by atoms with Crippen molar-refractivity contribution in [3.63, 3.8) is 0 Å². The predicted molar refractivity (Wildman–Crippen MR) is 74.6 cm³/mol. The van der Waals surface area contributed by atoms with E-state index in [0.717, 1.165) is 23.8 Å². The lowest BCUT2D eigenvalue weighted by atomic mass is 10.0. The summed E-state index contributed by atoms with van der Waals surface area (Å²) in [5.41, 5.74) is 3.01. The van der Waals surface area contributed by atoms with Crippen molar-refractivity contribution in [2.45, 2.75) is 46.5 Å². The summed E-state index contributed by atoms with van der Waals surface area (Å²) in [6.45, 7) is 5.95. The van der Waals surface area contributed by atoms with Crippen LogP contribution in [0.5, 0.6) is 5.75 Å². The van der Waals surface area contributed by atoms with Crippen molar-refractivity contribution in [2.75, 3.05) is 6.26 Å². The molecule has 18 heavy (non-hydrogen) atoms. The highest BCUT2D eigenvalue weighted by Crippen LogP contribution is 2.26. The molecule has 0 heterocycles. The van der Waals surface area contributed by atoms with E-state index in [1.807, 2.05) is 26.0 Å². The molecule has 0 fully saturated rings. The van der Waals surface area contributed by atoms with Gasteiger partial charge in [-0.25, -0.2) is 0 Å². The highest BCUT2D eigenvalue weighted by molar-refractivity contribution is 7.86. The number of aryl methyl sites for hydroxylation is 3. The van der Waals surface area contributed by atoms with Gasteiger partial charge in [-0.3, -0.25) is 0 Å². The molecule has 4 heteroatoms. The van der Waals surface area contributed by atoms with Gasteiger partial charge < -0.3 is 4.18 Å². The molecule has 0 unspecified atom stereocenters. The van der Waals surface area contributed by atoms with Crippen molar-refractivity contribution in [1.29, 1.82) is 0 Å². The Kier molecular flexibility index (Phi) is 5.20. The van der Waals surface area contributed by atoms with Crippen molar-refractivity contribution < 1.29 is 12.6 Å². The number of rotatable bonds is 6. The molecule has 0 bridgehead atoms. The molecule has 0 amide bonds. The first-order valence-electron chi connectivity index (χ1n) is 6.33. The van der Waals surface area contributed by atoms with E-state index in [0.29, 0.717) is 5.75 Å². The van der Waals surface area contributed by atoms with E-state index in [4.69, 9.17) is 4.18 Å². The van der Waals surface area contributed by atoms with Gasteiger partial charge in [-0.2, -0.15) is 8.42 Å². The van der Waals surface area contributed by atoms with Gasteiger partial charge in [0.05, 0.1) is 6.26 Å². The number of hydrogen-bond acceptors (Lipinski definition) is 3. The maximum absolute atomic E-state index is 11.2. The van der Waals surface area contributed by atoms with Gasteiger partial charge in [-0.1, -0.05) is 31.9 Å². The van der Waals surface area contributed by atoms with Crippen LogP contribution in [0.1, 0.15) is 42.9 Å². The van der Waals surface area contributed by atoms with Gasteiger partial charge in [0.1, 0.15) is 5.75 Å². The second-order valence-corrected chi connectivity index (χ2v) is 6.38. The molecule has 0 saturated heterocycles. The van der Waals surface area contributed by atoms with E-state index < -0.39 is 10.1 Å². The van der Waals surface area contributed by atoms with E-state index >= 15 is 0 Å². The predicted octanol–water partition coefficient (Wildman–Crippen LogP) is 3.37. The molecular formula is C14H22O3S. The summed E-state index contributed by atoms with van der Waals surface area (Å²) < 4.78 is 27.4. The highest BCUT2D eigenvalue weighted by Gasteiger charge is 2.11. The third-order valence-electron chi connectivity index (χ3n) is 2.82. The van der Waals surface area contributed by atoms with Crippen LogP contribution in [0.25, 0.3) is 0 Å². The molecule has 0 aliphatic heterocycles. The monoisotopic (exact) mass is 270 g/mol. The van der Waals surface area contributed by atoms with Gasteiger partial charge in [0.2, 0.25) is 0 Å². The summed E-state index contributed by atoms with van der Waals surface area (Å²) in [5, 5.41) is 0. The number of benzene rings is 1. The number of unbranched alkanes of at least 4 members (excludes halogenated alkanes) is 2. The van der Waals surface area contributed by atoms with E-state index in [2.05, 4.69) is 6.92 Å². The summed E-state index contributed by atoms with van der Waals surface area (Å²) in [6.07, 6.45) is 5.70. The maximum Gasteiger partial charge on any atom is 0.306 e. The molecule has 0 atom stereocenters. The SMILES string of the molecule is CCCCCc1cc(C)c(OS(C)(=O)=O)c(C)c1. The average Bonchev–Trinajstić information content (AvgIpc) is 2.23. The van der Waals surface area contributed by atoms with Crippen LogP contribution in [0, 0.1) is 13.8 Å². The van der Waals surface area contributed by atoms with Gasteiger partial charge >= 0.3 is 10.1 Å². The quantitative estimate of drug-likeness (QED) is 0.588. The van der Waals surface area contributed by atoms with Crippen molar-refractivity contribution in [2.24, 2.45) is 0 Å². The first kappa shape index (κ1) is 15.0. The number of hydrogen-bond donors (Lipinski definition) is 0. The van der Waals surface area contributed by atoms with Crippen LogP contribution in [0.4, 0.5) is 0 Å². The van der Waals surface area contributed by atoms with Crippen molar-refractivity contribution in [1.82, 2.24) is 0 Å². The first-order valence-corrected chi connectivity index (χ1v) is 8.14. The van der Waals surface area contributed by atoms with E-state index in [1.54, 1.807) is 0 Å². The van der Waals surface area contributed by atoms with Crippen LogP contribution in [-0.2, 0) is 16.5 Å². The second-order valence-electron chi connectivity index (χ2n) is 4.80. The normalized spacial score (nSPS) is 11.6. The Hall–Kier alpha value is -1.03. The van der Waals surface area contributed by atoms with Gasteiger partial charge in [0.25, 0.3) is 0 Å². The zero-order valence-corrected chi connectivity index (χ0v) is 12.4. The van der Waals surface area contributed by atoms with E-state index in [9.17, 15) is 8.42 Å². The van der Waals surface area contributed by atoms with Crippen molar-refractivity contribution in [3.05, 3.63) is 28.8 Å². The van der Waals surface area contributed by atoms with Gasteiger partial charge in [0.15, 0.2) is 0 Å². The van der Waals surface area contributed by atoms with Crippen LogP contribution in [0.15, 0.2) is 12.1 Å². The lowest BCUT2D eigenvalue weighted by Gasteiger charge is -2.12. The summed E-state index contributed by atoms with van der Waals surface area (Å²) in [7, 11) is -3.46. The molecule has 0 N–H and O–H groups in total. The fourth-order valence-electron chi connectivity index (χ4n) is 2.05. The molecule has 1 rings (SSSR count). The first-order chi connectivity index (χ1) is 8.33. The van der Waals surface area contributed by atoms with Crippen LogP contribution in [0.2, 0.25) is 0 Å². The molecule has 0 saturated carbocycles. The lowest BCUT2D eigenvalue weighted by Crippen LogP contribution is -2.08. The minimum Gasteiger partial charge on any atom is -0.382 e. The summed E-state index contributed by atoms with van der Waals surface area (Å²) in [4.78, 5) is 0. The summed E-state index contributed by atoms with van der Waals surface area (Å²) in [6, 6.07) is 4.03. The highest BCUT2D eigenvalue weighted by atomic mass is 32.2. The minimum atomic E-state index is -3.46. The molecule has 3 nitrogen and oxygen atoms in total. The average molecular weight is 270 g/mol. The smallest absolute Gasteiger partial charge is 0.306 e. The second kappa shape index (κ2) is 6.23. The molecule has 0 aromatic heterocycles. The standard InChI is InChI=1S/C14H22O3S/c1-5-6-7-8-13-9-11(2)14(12(3)10-13)17-18(4,15)16/h9-10H,5-8H2,1-4H3. The third kappa shape index (κ3) is 4.69. The molecular weight excluding hydrogens is 248 g/mol. The zero-order chi connectivity index (χ0) is 13.8. The van der Waals surface area contributed by atoms with Crippen LogP contribution >= 0.6 is 0 Å². The van der Waals surface area contributed by atoms with Crippen LogP contribution in [-0.4, -0.2) is 14.7 Å². The maximum atomic E-state index is 11.2. The van der Waals surface area contributed by atoms with Crippen LogP contribution < -0.4 is 4.18 Å². The lowest BCUT2D eigenvalue weighted by molar-refractivity contribution is 0.489. The summed E-state index contributed by atoms with van der Waals surface area (Å²) in [5.74, 6) is 0.469. The van der Waals surface area contributed by atoms with Crippen LogP contribution in [0.3, 0.4) is 0 Å². The van der Waals surface area contributed by atoms with E-state index in [-0.39, 0.29) is 0 Å². The molecule has 1 aromatic carbocycles. The Labute approximate surface area is 110 Å². The van der Waals surface area contributed by atoms with Gasteiger partial charge in [-0.15, -0.1) is 0 Å². The topological polar surface area (TPSA) is 43.4 Å². The molecule has 0 aliphatic carbocycles. The Balaban J connectivity index is 2.90. The Bertz CT molecular complexity index is 481. The third-order valence-corrected chi connectivity index (χ3v) is 3.29. The van der Waals surface area contributed by atoms with Gasteiger partial charge in [0, 0.05) is 0 Å². The van der Waals surface area contributed by atoms with Crippen molar-refractivity contribution >= 4 is 10.1 Å². The molecule has 0 spiro atoms. The fourth-order valence-corrected chi connectivity index (χ4v) is 2.61. The molecule has 102 valence electrons. The minimum absolute atomic E-state index is 0.469. The Morgan fingerprint density at radius 2 is 1.67 bits per heavy atom. The largest absolute Gasteiger partial charge is 0.382 e. The Morgan fingerprint density at radius 1 is 1.11 bits per heavy atom. The molecule has 0 aliphatic rings. The summed E-state index contributed by atoms with van der Waals surface area (Å²) >= 11 is 0. The fraction of sp³-hybridized carbons (Fsp3) is 0.571.